The highest BCUT2D eigenvalue weighted by Gasteiger charge is 2.21. The Kier molecular flexibility index (Phi) is 3.96. The average molecular weight is 280 g/mol. The first-order valence-electron chi connectivity index (χ1n) is 5.46. The van der Waals surface area contributed by atoms with E-state index in [-0.39, 0.29) is 16.9 Å². The normalized spacial score (nSPS) is 9.45. The Labute approximate surface area is 120 Å². The van der Waals surface area contributed by atoms with Crippen molar-refractivity contribution in [2.75, 3.05) is 11.5 Å². The first-order chi connectivity index (χ1) is 9.72. The van der Waals surface area contributed by atoms with Gasteiger partial charge in [0.15, 0.2) is 0 Å². The number of anilines is 1. The molecule has 0 atom stereocenters. The number of thioether (sulfide) groups is 1. The van der Waals surface area contributed by atoms with Gasteiger partial charge in [0.25, 0.3) is 0 Å². The molecule has 2 rings (SSSR count). The molecule has 0 aromatic carbocycles. The zero-order valence-corrected chi connectivity index (χ0v) is 11.1. The number of nitrogen functional groups attached to an aromatic ring is 1. The molecule has 0 saturated carbocycles. The molecule has 0 aliphatic rings. The van der Waals surface area contributed by atoms with Crippen LogP contribution in [0.2, 0.25) is 0 Å². The number of terminal acetylenes is 1. The van der Waals surface area contributed by atoms with Gasteiger partial charge < -0.3 is 10.2 Å². The topological polar surface area (TPSA) is 99.6 Å². The highest BCUT2D eigenvalue weighted by Crippen LogP contribution is 2.35. The number of hydrogen-bond donors (Lipinski definition) is 1. The van der Waals surface area contributed by atoms with Crippen LogP contribution in [-0.2, 0) is 0 Å². The Morgan fingerprint density at radius 1 is 1.35 bits per heavy atom. The fourth-order valence-electron chi connectivity index (χ4n) is 1.68. The molecule has 5 nitrogen and oxygen atoms in total. The summed E-state index contributed by atoms with van der Waals surface area (Å²) in [4.78, 5) is 4.08. The van der Waals surface area contributed by atoms with Gasteiger partial charge in [0.05, 0.1) is 23.1 Å². The molecule has 0 spiro atoms. The third-order valence-corrected chi connectivity index (χ3v) is 3.36. The summed E-state index contributed by atoms with van der Waals surface area (Å²) in [6.45, 7) is 0. The molecule has 0 amide bonds. The predicted octanol–water partition coefficient (Wildman–Crippen LogP) is 2.39. The summed E-state index contributed by atoms with van der Waals surface area (Å²) in [5.74, 6) is 3.26. The second-order valence-corrected chi connectivity index (χ2v) is 4.58. The minimum absolute atomic E-state index is 0.0532. The molecule has 0 radical (unpaired) electrons. The van der Waals surface area contributed by atoms with Crippen molar-refractivity contribution in [3.05, 3.63) is 29.5 Å². The third-order valence-electron chi connectivity index (χ3n) is 2.48. The van der Waals surface area contributed by atoms with Crippen molar-refractivity contribution in [3.8, 4) is 35.8 Å². The van der Waals surface area contributed by atoms with Crippen LogP contribution in [-0.4, -0.2) is 10.7 Å². The molecule has 2 aromatic heterocycles. The summed E-state index contributed by atoms with van der Waals surface area (Å²) in [7, 11) is 0. The van der Waals surface area contributed by atoms with Crippen LogP contribution >= 0.6 is 11.8 Å². The smallest absolute Gasteiger partial charge is 0.143 e. The number of pyridine rings is 1. The Hall–Kier alpha value is -2.88. The SMILES string of the molecule is C#CCSc1nc(N)c(C#N)c(-c2ccco2)c1C#N. The van der Waals surface area contributed by atoms with Crippen molar-refractivity contribution in [2.45, 2.75) is 5.03 Å². The number of rotatable bonds is 3. The second kappa shape index (κ2) is 5.84. The number of aromatic nitrogens is 1. The third kappa shape index (κ3) is 2.31. The molecule has 0 saturated heterocycles. The van der Waals surface area contributed by atoms with Crippen LogP contribution < -0.4 is 5.73 Å². The molecule has 0 bridgehead atoms. The van der Waals surface area contributed by atoms with Crippen molar-refractivity contribution in [3.63, 3.8) is 0 Å². The first-order valence-corrected chi connectivity index (χ1v) is 6.45. The summed E-state index contributed by atoms with van der Waals surface area (Å²) in [6.07, 6.45) is 6.67. The Balaban J connectivity index is 2.76. The minimum Gasteiger partial charge on any atom is -0.464 e. The van der Waals surface area contributed by atoms with Gasteiger partial charge in [0.2, 0.25) is 0 Å². The van der Waals surface area contributed by atoms with Gasteiger partial charge in [-0.1, -0.05) is 17.7 Å². The number of furan rings is 1. The molecule has 6 heteroatoms. The van der Waals surface area contributed by atoms with Crippen molar-refractivity contribution < 1.29 is 4.42 Å². The van der Waals surface area contributed by atoms with E-state index in [1.807, 2.05) is 12.1 Å². The molecule has 2 N–H and O–H groups in total. The Morgan fingerprint density at radius 3 is 2.65 bits per heavy atom. The first kappa shape index (κ1) is 13.5. The molecule has 2 aromatic rings. The van der Waals surface area contributed by atoms with Gasteiger partial charge in [-0.15, -0.1) is 6.42 Å². The molecule has 0 aliphatic heterocycles. The van der Waals surface area contributed by atoms with E-state index >= 15 is 0 Å². The van der Waals surface area contributed by atoms with Crippen molar-refractivity contribution in [2.24, 2.45) is 0 Å². The van der Waals surface area contributed by atoms with Crippen molar-refractivity contribution in [1.82, 2.24) is 4.98 Å². The van der Waals surface area contributed by atoms with E-state index in [0.29, 0.717) is 22.1 Å². The van der Waals surface area contributed by atoms with Crippen molar-refractivity contribution in [1.29, 1.82) is 10.5 Å². The summed E-state index contributed by atoms with van der Waals surface area (Å²) in [5, 5.41) is 19.0. The standard InChI is InChI=1S/C14H8N4OS/c1-2-6-20-14-10(8-16)12(11-4-3-5-19-11)9(7-15)13(17)18-14/h1,3-5H,6H2,(H2,17,18). The van der Waals surface area contributed by atoms with Gasteiger partial charge in [-0.05, 0) is 12.1 Å². The van der Waals surface area contributed by atoms with Crippen LogP contribution in [0.5, 0.6) is 0 Å². The lowest BCUT2D eigenvalue weighted by Gasteiger charge is -2.10. The second-order valence-electron chi connectivity index (χ2n) is 3.62. The quantitative estimate of drug-likeness (QED) is 0.684. The molecule has 96 valence electrons. The summed E-state index contributed by atoms with van der Waals surface area (Å²) >= 11 is 1.22. The molecule has 0 aliphatic carbocycles. The molecule has 2 heterocycles. The summed E-state index contributed by atoms with van der Waals surface area (Å²) in [6, 6.07) is 7.33. The Morgan fingerprint density at radius 2 is 2.10 bits per heavy atom. The molecule has 0 fully saturated rings. The van der Waals surface area contributed by atoms with Gasteiger partial charge >= 0.3 is 0 Å². The zero-order valence-electron chi connectivity index (χ0n) is 10.3. The largest absolute Gasteiger partial charge is 0.464 e. The van der Waals surface area contributed by atoms with Gasteiger partial charge in [0, 0.05) is 0 Å². The van der Waals surface area contributed by atoms with Gasteiger partial charge in [0.1, 0.15) is 34.3 Å². The van der Waals surface area contributed by atoms with Crippen LogP contribution in [0, 0.1) is 35.0 Å². The summed E-state index contributed by atoms with van der Waals surface area (Å²) < 4.78 is 5.28. The Bertz CT molecular complexity index is 760. The van der Waals surface area contributed by atoms with Crippen LogP contribution in [0.3, 0.4) is 0 Å². The van der Waals surface area contributed by atoms with Crippen LogP contribution in [0.25, 0.3) is 11.3 Å². The fourth-order valence-corrected chi connectivity index (χ4v) is 2.35. The monoisotopic (exact) mass is 280 g/mol. The predicted molar refractivity (Wildman–Crippen MR) is 75.3 cm³/mol. The van der Waals surface area contributed by atoms with Gasteiger partial charge in [-0.2, -0.15) is 10.5 Å². The van der Waals surface area contributed by atoms with E-state index in [1.165, 1.54) is 18.0 Å². The summed E-state index contributed by atoms with van der Waals surface area (Å²) in [5.41, 5.74) is 6.51. The molecular weight excluding hydrogens is 272 g/mol. The van der Waals surface area contributed by atoms with Gasteiger partial charge in [-0.25, -0.2) is 4.98 Å². The zero-order chi connectivity index (χ0) is 14.5. The number of nitrogens with two attached hydrogens (primary N) is 1. The lowest BCUT2D eigenvalue weighted by Crippen LogP contribution is -2.03. The lowest BCUT2D eigenvalue weighted by atomic mass is 10.0. The number of hydrogen-bond acceptors (Lipinski definition) is 6. The van der Waals surface area contributed by atoms with E-state index in [9.17, 15) is 10.5 Å². The molecule has 20 heavy (non-hydrogen) atoms. The fraction of sp³-hybridized carbons (Fsp3) is 0.0714. The molecule has 0 unspecified atom stereocenters. The van der Waals surface area contributed by atoms with E-state index in [1.54, 1.807) is 12.1 Å². The van der Waals surface area contributed by atoms with E-state index in [4.69, 9.17) is 16.6 Å². The number of nitrogens with zero attached hydrogens (tertiary/aromatic N) is 3. The van der Waals surface area contributed by atoms with Crippen LogP contribution in [0.15, 0.2) is 27.8 Å². The van der Waals surface area contributed by atoms with E-state index in [2.05, 4.69) is 10.9 Å². The highest BCUT2D eigenvalue weighted by atomic mass is 32.2. The van der Waals surface area contributed by atoms with Crippen LogP contribution in [0.1, 0.15) is 11.1 Å². The van der Waals surface area contributed by atoms with Crippen molar-refractivity contribution >= 4 is 17.6 Å². The molecular formula is C14H8N4OS. The highest BCUT2D eigenvalue weighted by molar-refractivity contribution is 7.99. The number of nitriles is 2. The van der Waals surface area contributed by atoms with E-state index < -0.39 is 0 Å². The maximum atomic E-state index is 9.36. The van der Waals surface area contributed by atoms with E-state index in [0.717, 1.165) is 0 Å². The lowest BCUT2D eigenvalue weighted by molar-refractivity contribution is 0.581. The van der Waals surface area contributed by atoms with Crippen LogP contribution in [0.4, 0.5) is 5.82 Å². The maximum absolute atomic E-state index is 9.36. The average Bonchev–Trinajstić information content (AvgIpc) is 2.98. The maximum Gasteiger partial charge on any atom is 0.143 e. The minimum atomic E-state index is 0.0532. The van der Waals surface area contributed by atoms with Gasteiger partial charge in [-0.3, -0.25) is 0 Å².